The predicted molar refractivity (Wildman–Crippen MR) is 109 cm³/mol. The first-order valence-electron chi connectivity index (χ1n) is 8.43. The van der Waals surface area contributed by atoms with Gasteiger partial charge >= 0.3 is 0 Å². The molecule has 0 bridgehead atoms. The van der Waals surface area contributed by atoms with Crippen molar-refractivity contribution in [3.8, 4) is 0 Å². The van der Waals surface area contributed by atoms with Gasteiger partial charge in [-0.25, -0.2) is 13.2 Å². The van der Waals surface area contributed by atoms with Gasteiger partial charge in [-0.3, -0.25) is 4.79 Å². The summed E-state index contributed by atoms with van der Waals surface area (Å²) in [6.07, 6.45) is 3.60. The largest absolute Gasteiger partial charge is 0.376 e. The number of hydrogen-bond donors (Lipinski definition) is 2. The molecule has 0 aromatic heterocycles. The number of nitrogens with one attached hydrogen (secondary N) is 2. The highest BCUT2D eigenvalue weighted by Crippen LogP contribution is 2.29. The summed E-state index contributed by atoms with van der Waals surface area (Å²) in [5, 5.41) is 7.33. The molecule has 0 aliphatic rings. The van der Waals surface area contributed by atoms with Crippen LogP contribution in [0.5, 0.6) is 0 Å². The van der Waals surface area contributed by atoms with Gasteiger partial charge in [0.25, 0.3) is 5.91 Å². The predicted octanol–water partition coefficient (Wildman–Crippen LogP) is 5.93. The number of amides is 1. The molecule has 2 N–H and O–H groups in total. The molecule has 0 unspecified atom stereocenters. The van der Waals surface area contributed by atoms with Crippen molar-refractivity contribution in [3.63, 3.8) is 0 Å². The molecule has 2 rings (SSSR count). The minimum absolute atomic E-state index is 0.128. The highest BCUT2D eigenvalue weighted by Gasteiger charge is 2.19. The molecule has 0 saturated carbocycles. The molecule has 0 aliphatic heterocycles. The van der Waals surface area contributed by atoms with Crippen LogP contribution in [-0.2, 0) is 0 Å². The Bertz CT molecular complexity index is 892. The van der Waals surface area contributed by atoms with Gasteiger partial charge in [-0.05, 0) is 49.3 Å². The molecule has 28 heavy (non-hydrogen) atoms. The molecule has 0 saturated heterocycles. The number of carbonyl (C=O) groups excluding carboxylic acids is 1. The van der Waals surface area contributed by atoms with Gasteiger partial charge in [-0.2, -0.15) is 0 Å². The fourth-order valence-corrected chi connectivity index (χ4v) is 3.25. The Balaban J connectivity index is 2.19. The summed E-state index contributed by atoms with van der Waals surface area (Å²) in [4.78, 5) is 12.2. The van der Waals surface area contributed by atoms with Crippen molar-refractivity contribution in [1.29, 1.82) is 0 Å². The van der Waals surface area contributed by atoms with E-state index in [0.29, 0.717) is 5.56 Å². The third-order valence-electron chi connectivity index (χ3n) is 3.96. The summed E-state index contributed by atoms with van der Waals surface area (Å²) >= 11 is 7.47. The van der Waals surface area contributed by atoms with E-state index in [1.165, 1.54) is 23.9 Å². The van der Waals surface area contributed by atoms with Gasteiger partial charge < -0.3 is 10.6 Å². The van der Waals surface area contributed by atoms with E-state index in [9.17, 15) is 18.0 Å². The normalized spacial score (nSPS) is 13.4. The third-order valence-corrected chi connectivity index (χ3v) is 4.72. The topological polar surface area (TPSA) is 41.1 Å². The molecule has 0 aliphatic carbocycles. The van der Waals surface area contributed by atoms with Crippen LogP contribution < -0.4 is 10.6 Å². The Morgan fingerprint density at radius 2 is 1.86 bits per heavy atom. The lowest BCUT2D eigenvalue weighted by Crippen LogP contribution is -2.31. The summed E-state index contributed by atoms with van der Waals surface area (Å²) in [5.74, 6) is -2.85. The van der Waals surface area contributed by atoms with E-state index in [4.69, 9.17) is 11.6 Å². The van der Waals surface area contributed by atoms with Crippen molar-refractivity contribution in [2.75, 3.05) is 11.6 Å². The summed E-state index contributed by atoms with van der Waals surface area (Å²) < 4.78 is 42.0. The Morgan fingerprint density at radius 3 is 2.50 bits per heavy atom. The number of anilines is 1. The Hall–Kier alpha value is -2.12. The zero-order valence-electron chi connectivity index (χ0n) is 15.5. The Kier molecular flexibility index (Phi) is 7.83. The van der Waals surface area contributed by atoms with Crippen LogP contribution in [0.15, 0.2) is 41.8 Å². The molecule has 0 radical (unpaired) electrons. The van der Waals surface area contributed by atoms with Crippen molar-refractivity contribution >= 4 is 35.0 Å². The highest BCUT2D eigenvalue weighted by molar-refractivity contribution is 8.01. The second-order valence-electron chi connectivity index (χ2n) is 6.17. The maximum absolute atomic E-state index is 14.5. The van der Waals surface area contributed by atoms with Gasteiger partial charge in [0.2, 0.25) is 0 Å². The van der Waals surface area contributed by atoms with Crippen molar-refractivity contribution in [2.45, 2.75) is 25.9 Å². The number of halogens is 4. The van der Waals surface area contributed by atoms with Crippen LogP contribution in [-0.4, -0.2) is 18.2 Å². The van der Waals surface area contributed by atoms with Crippen molar-refractivity contribution in [2.24, 2.45) is 0 Å². The Labute approximate surface area is 171 Å². The molecule has 2 aromatic carbocycles. The number of thioether (sulfide) groups is 1. The molecule has 0 spiro atoms. The SMILES string of the molecule is CS/C=C/[C@@H](C)NC(=O)c1cc(F)c(N[C@@H](C)c2ccc(F)cc2Cl)cc1F. The lowest BCUT2D eigenvalue weighted by atomic mass is 10.1. The standard InChI is InChI=1S/C20H20ClF3N2OS/c1-11(6-7-28-3)25-20(27)15-9-18(24)19(10-17(15)23)26-12(2)14-5-4-13(22)8-16(14)21/h4-12,26H,1-3H3,(H,25,27)/b7-6+/t11-,12+/m1/s1. The van der Waals surface area contributed by atoms with Crippen LogP contribution >= 0.6 is 23.4 Å². The second-order valence-corrected chi connectivity index (χ2v) is 7.32. The van der Waals surface area contributed by atoms with E-state index in [1.807, 2.05) is 6.26 Å². The fraction of sp³-hybridized carbons (Fsp3) is 0.250. The molecule has 0 heterocycles. The first-order chi connectivity index (χ1) is 13.2. The lowest BCUT2D eigenvalue weighted by molar-refractivity contribution is 0.0942. The molecule has 2 atom stereocenters. The van der Waals surface area contributed by atoms with Crippen LogP contribution in [0.4, 0.5) is 18.9 Å². The van der Waals surface area contributed by atoms with Gasteiger partial charge in [0.1, 0.15) is 17.5 Å². The van der Waals surface area contributed by atoms with Gasteiger partial charge in [-0.15, -0.1) is 11.8 Å². The van der Waals surface area contributed by atoms with Gasteiger partial charge in [0.05, 0.1) is 17.3 Å². The maximum atomic E-state index is 14.5. The van der Waals surface area contributed by atoms with Gasteiger partial charge in [0, 0.05) is 17.1 Å². The molecule has 150 valence electrons. The molecule has 0 fully saturated rings. The maximum Gasteiger partial charge on any atom is 0.254 e. The average Bonchev–Trinajstić information content (AvgIpc) is 2.62. The van der Waals surface area contributed by atoms with E-state index in [1.54, 1.807) is 25.3 Å². The average molecular weight is 429 g/mol. The number of rotatable bonds is 7. The van der Waals surface area contributed by atoms with E-state index in [2.05, 4.69) is 10.6 Å². The zero-order chi connectivity index (χ0) is 20.8. The molecule has 2 aromatic rings. The molecule has 1 amide bonds. The first-order valence-corrected chi connectivity index (χ1v) is 10.1. The summed E-state index contributed by atoms with van der Waals surface area (Å²) in [6, 6.07) is 4.76. The molecular weight excluding hydrogens is 409 g/mol. The summed E-state index contributed by atoms with van der Waals surface area (Å²) in [5.41, 5.74) is 0.0105. The van der Waals surface area contributed by atoms with Crippen LogP contribution in [0.3, 0.4) is 0 Å². The zero-order valence-corrected chi connectivity index (χ0v) is 17.1. The number of hydrogen-bond acceptors (Lipinski definition) is 3. The smallest absolute Gasteiger partial charge is 0.254 e. The van der Waals surface area contributed by atoms with E-state index < -0.39 is 29.4 Å². The van der Waals surface area contributed by atoms with Gasteiger partial charge in [0.15, 0.2) is 0 Å². The first kappa shape index (κ1) is 22.2. The van der Waals surface area contributed by atoms with Crippen molar-refractivity contribution in [3.05, 3.63) is 75.4 Å². The summed E-state index contributed by atoms with van der Waals surface area (Å²) in [6.45, 7) is 3.40. The lowest BCUT2D eigenvalue weighted by Gasteiger charge is -2.18. The number of benzene rings is 2. The molecule has 8 heteroatoms. The molecule has 3 nitrogen and oxygen atoms in total. The van der Waals surface area contributed by atoms with Crippen molar-refractivity contribution < 1.29 is 18.0 Å². The number of carbonyl (C=O) groups is 1. The third kappa shape index (κ3) is 5.69. The summed E-state index contributed by atoms with van der Waals surface area (Å²) in [7, 11) is 0. The minimum Gasteiger partial charge on any atom is -0.376 e. The van der Waals surface area contributed by atoms with E-state index >= 15 is 0 Å². The fourth-order valence-electron chi connectivity index (χ4n) is 2.52. The van der Waals surface area contributed by atoms with Crippen LogP contribution in [0, 0.1) is 17.5 Å². The van der Waals surface area contributed by atoms with Crippen molar-refractivity contribution in [1.82, 2.24) is 5.32 Å². The minimum atomic E-state index is -0.861. The van der Waals surface area contributed by atoms with Crippen LogP contribution in [0.25, 0.3) is 0 Å². The quantitative estimate of drug-likeness (QED) is 0.574. The van der Waals surface area contributed by atoms with Gasteiger partial charge in [-0.1, -0.05) is 23.7 Å². The molecular formula is C20H20ClF3N2OS. The monoisotopic (exact) mass is 428 g/mol. The van der Waals surface area contributed by atoms with E-state index in [-0.39, 0.29) is 22.3 Å². The van der Waals surface area contributed by atoms with E-state index in [0.717, 1.165) is 18.2 Å². The highest BCUT2D eigenvalue weighted by atomic mass is 35.5. The van der Waals surface area contributed by atoms with Crippen LogP contribution in [0.2, 0.25) is 5.02 Å². The second kappa shape index (κ2) is 9.89. The van der Waals surface area contributed by atoms with Crippen LogP contribution in [0.1, 0.15) is 35.8 Å². The Morgan fingerprint density at radius 1 is 1.14 bits per heavy atom.